The molecule has 2 heterocycles. The second-order valence-corrected chi connectivity index (χ2v) is 12.7. The highest BCUT2D eigenvalue weighted by atomic mass is 32.2. The van der Waals surface area contributed by atoms with Gasteiger partial charge in [0.15, 0.2) is 5.17 Å². The van der Waals surface area contributed by atoms with Gasteiger partial charge in [0, 0.05) is 23.8 Å². The Kier molecular flexibility index (Phi) is 7.67. The Balaban J connectivity index is 1.46. The van der Waals surface area contributed by atoms with Crippen molar-refractivity contribution < 1.29 is 4.79 Å². The second-order valence-electron chi connectivity index (χ2n) is 11.7. The lowest BCUT2D eigenvalue weighted by molar-refractivity contribution is -0.124. The molecule has 2 saturated carbocycles. The van der Waals surface area contributed by atoms with Crippen LogP contribution in [-0.2, 0) is 4.79 Å². The van der Waals surface area contributed by atoms with Crippen LogP contribution in [0, 0.1) is 0 Å². The number of carbonyl (C=O) groups is 1. The minimum Gasteiger partial charge on any atom is -0.362 e. The summed E-state index contributed by atoms with van der Waals surface area (Å²) in [7, 11) is 0. The quantitative estimate of drug-likeness (QED) is 0.380. The molecule has 0 atom stereocenters. The van der Waals surface area contributed by atoms with E-state index in [1.165, 1.54) is 55.3 Å². The zero-order chi connectivity index (χ0) is 25.3. The zero-order valence-corrected chi connectivity index (χ0v) is 23.5. The number of carbonyl (C=O) groups excluding carboxylic acids is 1. The van der Waals surface area contributed by atoms with Crippen LogP contribution < -0.4 is 4.90 Å². The van der Waals surface area contributed by atoms with Crippen LogP contribution in [0.15, 0.2) is 34.2 Å². The van der Waals surface area contributed by atoms with Gasteiger partial charge in [0.1, 0.15) is 0 Å². The van der Waals surface area contributed by atoms with E-state index >= 15 is 0 Å². The Labute approximate surface area is 222 Å². The van der Waals surface area contributed by atoms with Gasteiger partial charge >= 0.3 is 0 Å². The predicted molar refractivity (Wildman–Crippen MR) is 155 cm³/mol. The van der Waals surface area contributed by atoms with Gasteiger partial charge in [-0.05, 0) is 94.0 Å². The first-order valence-corrected chi connectivity index (χ1v) is 15.1. The molecule has 1 saturated heterocycles. The minimum atomic E-state index is 0.00925. The van der Waals surface area contributed by atoms with E-state index in [-0.39, 0.29) is 11.4 Å². The largest absolute Gasteiger partial charge is 0.362 e. The highest BCUT2D eigenvalue weighted by Crippen LogP contribution is 2.42. The van der Waals surface area contributed by atoms with Crippen LogP contribution in [0.5, 0.6) is 0 Å². The Morgan fingerprint density at radius 2 is 1.75 bits per heavy atom. The van der Waals surface area contributed by atoms with Gasteiger partial charge in [-0.1, -0.05) is 57.6 Å². The number of nitrogens with zero attached hydrogens (tertiary/aromatic N) is 3. The summed E-state index contributed by atoms with van der Waals surface area (Å²) in [5.41, 5.74) is 5.02. The van der Waals surface area contributed by atoms with Crippen LogP contribution >= 0.6 is 11.8 Å². The highest BCUT2D eigenvalue weighted by Gasteiger charge is 2.39. The normalized spacial score (nSPS) is 25.6. The van der Waals surface area contributed by atoms with E-state index in [2.05, 4.69) is 67.8 Å². The van der Waals surface area contributed by atoms with Crippen molar-refractivity contribution in [3.63, 3.8) is 0 Å². The zero-order valence-electron chi connectivity index (χ0n) is 22.7. The van der Waals surface area contributed by atoms with Crippen molar-refractivity contribution in [2.75, 3.05) is 11.4 Å². The molecular formula is C31H43N3OS. The number of benzene rings is 1. The fraction of sp³-hybridized carbons (Fsp3) is 0.613. The summed E-state index contributed by atoms with van der Waals surface area (Å²) in [6.07, 6.45) is 17.7. The molecule has 0 spiro atoms. The number of aliphatic imine (C=N–C) groups is 1. The number of amidine groups is 1. The first-order chi connectivity index (χ1) is 17.4. The van der Waals surface area contributed by atoms with Gasteiger partial charge in [0.05, 0.1) is 16.5 Å². The van der Waals surface area contributed by atoms with E-state index < -0.39 is 0 Å². The molecule has 3 fully saturated rings. The molecule has 194 valence electrons. The Morgan fingerprint density at radius 1 is 1.06 bits per heavy atom. The molecule has 0 bridgehead atoms. The van der Waals surface area contributed by atoms with Gasteiger partial charge in [-0.25, -0.2) is 0 Å². The molecule has 5 heteroatoms. The lowest BCUT2D eigenvalue weighted by Crippen LogP contribution is -2.45. The summed E-state index contributed by atoms with van der Waals surface area (Å²) >= 11 is 1.62. The second kappa shape index (κ2) is 10.8. The molecular weight excluding hydrogens is 462 g/mol. The minimum absolute atomic E-state index is 0.00925. The van der Waals surface area contributed by atoms with Crippen molar-refractivity contribution in [3.8, 4) is 0 Å². The van der Waals surface area contributed by atoms with Crippen LogP contribution in [0.4, 0.5) is 5.69 Å². The summed E-state index contributed by atoms with van der Waals surface area (Å²) in [5, 5.41) is 0.968. The summed E-state index contributed by atoms with van der Waals surface area (Å²) < 4.78 is 0. The van der Waals surface area contributed by atoms with Gasteiger partial charge in [-0.15, -0.1) is 0 Å². The van der Waals surface area contributed by atoms with Gasteiger partial charge in [-0.3, -0.25) is 14.7 Å². The van der Waals surface area contributed by atoms with E-state index in [0.29, 0.717) is 12.1 Å². The van der Waals surface area contributed by atoms with E-state index in [0.717, 1.165) is 54.3 Å². The monoisotopic (exact) mass is 505 g/mol. The average molecular weight is 506 g/mol. The van der Waals surface area contributed by atoms with Crippen LogP contribution in [-0.4, -0.2) is 40.1 Å². The van der Waals surface area contributed by atoms with Crippen LogP contribution in [0.25, 0.3) is 11.6 Å². The molecule has 0 radical (unpaired) electrons. The van der Waals surface area contributed by atoms with Crippen molar-refractivity contribution in [2.24, 2.45) is 4.99 Å². The maximum atomic E-state index is 13.8. The van der Waals surface area contributed by atoms with E-state index in [9.17, 15) is 4.79 Å². The number of amides is 1. The molecule has 1 aromatic carbocycles. The molecule has 0 unspecified atom stereocenters. The van der Waals surface area contributed by atoms with Gasteiger partial charge in [0.2, 0.25) is 0 Å². The first kappa shape index (κ1) is 25.6. The topological polar surface area (TPSA) is 35.9 Å². The van der Waals surface area contributed by atoms with Crippen LogP contribution in [0.2, 0.25) is 0 Å². The lowest BCUT2D eigenvalue weighted by Gasteiger charge is -2.43. The van der Waals surface area contributed by atoms with Crippen molar-refractivity contribution in [1.82, 2.24) is 4.90 Å². The molecule has 5 rings (SSSR count). The third kappa shape index (κ3) is 5.18. The molecule has 1 aromatic rings. The third-order valence-electron chi connectivity index (χ3n) is 8.39. The summed E-state index contributed by atoms with van der Waals surface area (Å²) in [6, 6.07) is 7.42. The molecule has 36 heavy (non-hydrogen) atoms. The molecule has 0 N–H and O–H groups in total. The van der Waals surface area contributed by atoms with Crippen molar-refractivity contribution in [3.05, 3.63) is 40.3 Å². The highest BCUT2D eigenvalue weighted by molar-refractivity contribution is 8.18. The number of hydrogen-bond acceptors (Lipinski definition) is 4. The number of fused-ring (bicyclic) bond motifs is 1. The Bertz CT molecular complexity index is 1070. The van der Waals surface area contributed by atoms with Gasteiger partial charge in [0.25, 0.3) is 5.91 Å². The number of thioether (sulfide) groups is 1. The predicted octanol–water partition coefficient (Wildman–Crippen LogP) is 8.04. The Morgan fingerprint density at radius 3 is 2.44 bits per heavy atom. The van der Waals surface area contributed by atoms with Gasteiger partial charge < -0.3 is 4.90 Å². The SMILES string of the molecule is CCCN1c2ccc(/C=C3/SC(=NC4CCCCC4)N(C4CCCCC4)C3=O)cc2C(C)=CC1(C)C. The molecule has 2 aliphatic carbocycles. The Hall–Kier alpha value is -2.01. The number of hydrogen-bond donors (Lipinski definition) is 0. The van der Waals surface area contributed by atoms with Crippen molar-refractivity contribution in [1.29, 1.82) is 0 Å². The number of allylic oxidation sites excluding steroid dienone is 1. The summed E-state index contributed by atoms with van der Waals surface area (Å²) in [5.74, 6) is 0.167. The molecule has 1 amide bonds. The fourth-order valence-electron chi connectivity index (χ4n) is 6.58. The maximum Gasteiger partial charge on any atom is 0.266 e. The number of anilines is 1. The smallest absolute Gasteiger partial charge is 0.266 e. The average Bonchev–Trinajstić information content (AvgIpc) is 3.17. The van der Waals surface area contributed by atoms with E-state index in [1.807, 2.05) is 0 Å². The fourth-order valence-corrected chi connectivity index (χ4v) is 7.69. The summed E-state index contributed by atoms with van der Waals surface area (Å²) in [6.45, 7) is 10.1. The molecule has 4 aliphatic rings. The van der Waals surface area contributed by atoms with Crippen molar-refractivity contribution in [2.45, 2.75) is 116 Å². The summed E-state index contributed by atoms with van der Waals surface area (Å²) in [4.78, 5) is 24.4. The lowest BCUT2D eigenvalue weighted by atomic mass is 9.88. The molecule has 4 nitrogen and oxygen atoms in total. The van der Waals surface area contributed by atoms with Crippen molar-refractivity contribution >= 4 is 40.2 Å². The van der Waals surface area contributed by atoms with E-state index in [4.69, 9.17) is 4.99 Å². The van der Waals surface area contributed by atoms with Gasteiger partial charge in [-0.2, -0.15) is 0 Å². The van der Waals surface area contributed by atoms with Crippen LogP contribution in [0.3, 0.4) is 0 Å². The first-order valence-electron chi connectivity index (χ1n) is 14.3. The number of rotatable bonds is 5. The molecule has 0 aromatic heterocycles. The third-order valence-corrected chi connectivity index (χ3v) is 9.39. The molecule has 2 aliphatic heterocycles. The van der Waals surface area contributed by atoms with E-state index in [1.54, 1.807) is 11.8 Å². The standard InChI is InChI=1S/C31H43N3OS/c1-5-18-33-27-17-16-23(19-26(27)22(2)21-31(33,3)4)20-28-29(35)34(25-14-10-7-11-15-25)30(36-28)32-24-12-8-6-9-13-24/h16-17,19-21,24-25H,5-15,18H2,1-4H3/b28-20+,32-30?. The maximum absolute atomic E-state index is 13.8. The van der Waals surface area contributed by atoms with Crippen LogP contribution in [0.1, 0.15) is 109 Å².